The van der Waals surface area contributed by atoms with Crippen LogP contribution in [0.5, 0.6) is 0 Å². The van der Waals surface area contributed by atoms with Gasteiger partial charge in [0, 0.05) is 5.69 Å². The molecule has 3 aromatic carbocycles. The number of benzene rings is 3. The summed E-state index contributed by atoms with van der Waals surface area (Å²) in [5.41, 5.74) is 4.58. The summed E-state index contributed by atoms with van der Waals surface area (Å²) in [4.78, 5) is 54.0. The molecule has 6 rings (SSSR count). The maximum atomic E-state index is 13.7. The zero-order valence-corrected chi connectivity index (χ0v) is 23.3. The molecule has 41 heavy (non-hydrogen) atoms. The van der Waals surface area contributed by atoms with Crippen molar-refractivity contribution >= 4 is 35.1 Å². The Balaban J connectivity index is 1.14. The maximum absolute atomic E-state index is 13.7. The molecule has 7 heteroatoms. The number of nitrogens with zero attached hydrogens (tertiary/aromatic N) is 1. The molecule has 3 amide bonds. The summed E-state index contributed by atoms with van der Waals surface area (Å²) < 4.78 is 5.32. The number of nitrogens with one attached hydrogen (secondary N) is 1. The van der Waals surface area contributed by atoms with Crippen LogP contribution in [0.4, 0.5) is 11.4 Å². The standard InChI is InChI=1S/C34H34N2O5/c1-3-20-12-8-13-21(4-2)31(20)35-28(37)19-41-34(40)23-14-9-15-25(16-23)36-32(38)29-24-17-26(22-10-6-5-7-11-22)27(18-24)30(29)33(36)39/h5-16,24,26-27,29-30H,3-4,17-19H2,1-2H3,(H,35,37)/t24-,26-,27+,29+,30+/m0/s1. The number of amides is 3. The van der Waals surface area contributed by atoms with Gasteiger partial charge in [0.2, 0.25) is 11.8 Å². The van der Waals surface area contributed by atoms with Gasteiger partial charge in [-0.25, -0.2) is 4.79 Å². The number of hydrogen-bond acceptors (Lipinski definition) is 5. The Kier molecular flexibility index (Phi) is 7.20. The van der Waals surface area contributed by atoms with Gasteiger partial charge in [0.1, 0.15) is 0 Å². The van der Waals surface area contributed by atoms with Crippen molar-refractivity contribution in [3.63, 3.8) is 0 Å². The summed E-state index contributed by atoms with van der Waals surface area (Å²) in [6.45, 7) is 3.60. The zero-order valence-electron chi connectivity index (χ0n) is 23.3. The minimum atomic E-state index is -0.690. The van der Waals surface area contributed by atoms with Gasteiger partial charge >= 0.3 is 5.97 Å². The highest BCUT2D eigenvalue weighted by atomic mass is 16.5. The summed E-state index contributed by atoms with van der Waals surface area (Å²) in [5, 5.41) is 2.89. The van der Waals surface area contributed by atoms with E-state index in [1.807, 2.05) is 50.2 Å². The molecule has 1 saturated heterocycles. The number of ether oxygens (including phenoxy) is 1. The highest BCUT2D eigenvalue weighted by Gasteiger charge is 2.64. The largest absolute Gasteiger partial charge is 0.452 e. The Morgan fingerprint density at radius 1 is 0.854 bits per heavy atom. The number of para-hydroxylation sites is 1. The van der Waals surface area contributed by atoms with Gasteiger partial charge in [-0.15, -0.1) is 0 Å². The number of hydrogen-bond donors (Lipinski definition) is 1. The molecule has 2 aliphatic carbocycles. The topological polar surface area (TPSA) is 92.8 Å². The van der Waals surface area contributed by atoms with Crippen LogP contribution in [-0.4, -0.2) is 30.3 Å². The highest BCUT2D eigenvalue weighted by Crippen LogP contribution is 2.61. The predicted octanol–water partition coefficient (Wildman–Crippen LogP) is 5.54. The Morgan fingerprint density at radius 2 is 1.54 bits per heavy atom. The number of carbonyl (C=O) groups excluding carboxylic acids is 4. The Bertz CT molecular complexity index is 1490. The van der Waals surface area contributed by atoms with Gasteiger partial charge in [-0.3, -0.25) is 19.3 Å². The van der Waals surface area contributed by atoms with Crippen LogP contribution < -0.4 is 10.2 Å². The second kappa shape index (κ2) is 11.0. The smallest absolute Gasteiger partial charge is 0.338 e. The summed E-state index contributed by atoms with van der Waals surface area (Å²) in [6.07, 6.45) is 3.34. The fourth-order valence-corrected chi connectivity index (χ4v) is 7.36. The first-order valence-corrected chi connectivity index (χ1v) is 14.5. The molecule has 3 aromatic rings. The average molecular weight is 551 g/mol. The molecule has 0 aromatic heterocycles. The van der Waals surface area contributed by atoms with Crippen molar-refractivity contribution in [2.75, 3.05) is 16.8 Å². The van der Waals surface area contributed by atoms with Crippen LogP contribution in [0.25, 0.3) is 0 Å². The van der Waals surface area contributed by atoms with Crippen LogP contribution in [0.15, 0.2) is 72.8 Å². The van der Waals surface area contributed by atoms with E-state index in [4.69, 9.17) is 4.74 Å². The summed E-state index contributed by atoms with van der Waals surface area (Å²) >= 11 is 0. The molecule has 7 nitrogen and oxygen atoms in total. The van der Waals surface area contributed by atoms with Crippen molar-refractivity contribution < 1.29 is 23.9 Å². The molecule has 1 heterocycles. The number of anilines is 2. The van der Waals surface area contributed by atoms with Crippen LogP contribution in [0.2, 0.25) is 0 Å². The van der Waals surface area contributed by atoms with E-state index in [9.17, 15) is 19.2 Å². The second-order valence-corrected chi connectivity index (χ2v) is 11.3. The highest BCUT2D eigenvalue weighted by molar-refractivity contribution is 6.23. The van der Waals surface area contributed by atoms with Gasteiger partial charge in [0.05, 0.1) is 23.1 Å². The first kappa shape index (κ1) is 26.9. The molecule has 2 bridgehead atoms. The molecule has 3 aliphatic rings. The van der Waals surface area contributed by atoms with Gasteiger partial charge < -0.3 is 10.1 Å². The molecule has 0 unspecified atom stereocenters. The van der Waals surface area contributed by atoms with Crippen LogP contribution in [-0.2, 0) is 32.0 Å². The minimum Gasteiger partial charge on any atom is -0.452 e. The third kappa shape index (κ3) is 4.73. The lowest BCUT2D eigenvalue weighted by Crippen LogP contribution is -2.33. The van der Waals surface area contributed by atoms with Crippen molar-refractivity contribution in [3.05, 3.63) is 95.1 Å². The molecular formula is C34H34N2O5. The fraction of sp³-hybridized carbons (Fsp3) is 0.353. The molecule has 3 fully saturated rings. The minimum absolute atomic E-state index is 0.145. The van der Waals surface area contributed by atoms with E-state index < -0.39 is 18.5 Å². The SMILES string of the molecule is CCc1cccc(CC)c1NC(=O)COC(=O)c1cccc(N2C(=O)[C@@H]3[C@@H]4C[C@@H]([C@H]3C2=O)[C@H](c2ccccc2)C4)c1. The average Bonchev–Trinajstić information content (AvgIpc) is 3.67. The van der Waals surface area contributed by atoms with Gasteiger partial charge in [-0.1, -0.05) is 68.4 Å². The summed E-state index contributed by atoms with van der Waals surface area (Å²) in [7, 11) is 0. The van der Waals surface area contributed by atoms with E-state index in [2.05, 4.69) is 17.4 Å². The predicted molar refractivity (Wildman–Crippen MR) is 155 cm³/mol. The van der Waals surface area contributed by atoms with Gasteiger partial charge in [0.15, 0.2) is 6.61 Å². The van der Waals surface area contributed by atoms with Crippen molar-refractivity contribution in [2.24, 2.45) is 23.7 Å². The molecule has 2 saturated carbocycles. The van der Waals surface area contributed by atoms with Crippen molar-refractivity contribution in [3.8, 4) is 0 Å². The number of esters is 1. The first-order valence-electron chi connectivity index (χ1n) is 14.5. The fourth-order valence-electron chi connectivity index (χ4n) is 7.36. The van der Waals surface area contributed by atoms with Crippen molar-refractivity contribution in [1.82, 2.24) is 0 Å². The third-order valence-corrected chi connectivity index (χ3v) is 9.18. The molecular weight excluding hydrogens is 516 g/mol. The zero-order chi connectivity index (χ0) is 28.7. The Labute approximate surface area is 239 Å². The van der Waals surface area contributed by atoms with E-state index in [-0.39, 0.29) is 47.0 Å². The lowest BCUT2D eigenvalue weighted by Gasteiger charge is -2.28. The molecule has 1 aliphatic heterocycles. The third-order valence-electron chi connectivity index (χ3n) is 9.18. The first-order chi connectivity index (χ1) is 19.9. The number of imide groups is 1. The molecule has 0 spiro atoms. The Hall–Kier alpha value is -4.26. The number of fused-ring (bicyclic) bond motifs is 5. The maximum Gasteiger partial charge on any atom is 0.338 e. The van der Waals surface area contributed by atoms with Gasteiger partial charge in [-0.2, -0.15) is 0 Å². The van der Waals surface area contributed by atoms with Crippen LogP contribution in [0.3, 0.4) is 0 Å². The van der Waals surface area contributed by atoms with E-state index in [1.165, 1.54) is 16.5 Å². The molecule has 210 valence electrons. The Morgan fingerprint density at radius 3 is 2.24 bits per heavy atom. The number of aryl methyl sites for hydroxylation is 2. The lowest BCUT2D eigenvalue weighted by atomic mass is 9.73. The van der Waals surface area contributed by atoms with Gasteiger partial charge in [-0.05, 0) is 78.3 Å². The monoisotopic (exact) mass is 550 g/mol. The summed E-state index contributed by atoms with van der Waals surface area (Å²) in [5.74, 6) is -1.48. The molecule has 5 atom stereocenters. The normalized spacial score (nSPS) is 24.4. The van der Waals surface area contributed by atoms with Crippen LogP contribution in [0.1, 0.15) is 59.7 Å². The van der Waals surface area contributed by atoms with Crippen LogP contribution >= 0.6 is 0 Å². The van der Waals surface area contributed by atoms with E-state index in [0.717, 1.165) is 42.5 Å². The van der Waals surface area contributed by atoms with Gasteiger partial charge in [0.25, 0.3) is 5.91 Å². The lowest BCUT2D eigenvalue weighted by molar-refractivity contribution is -0.123. The quantitative estimate of drug-likeness (QED) is 0.294. The van der Waals surface area contributed by atoms with E-state index >= 15 is 0 Å². The van der Waals surface area contributed by atoms with Crippen molar-refractivity contribution in [1.29, 1.82) is 0 Å². The molecule has 0 radical (unpaired) electrons. The number of rotatable bonds is 8. The van der Waals surface area contributed by atoms with E-state index in [0.29, 0.717) is 5.69 Å². The second-order valence-electron chi connectivity index (χ2n) is 11.3. The van der Waals surface area contributed by atoms with E-state index in [1.54, 1.807) is 18.2 Å². The molecule has 1 N–H and O–H groups in total. The van der Waals surface area contributed by atoms with Crippen molar-refractivity contribution in [2.45, 2.75) is 45.4 Å². The van der Waals surface area contributed by atoms with Crippen LogP contribution in [0, 0.1) is 23.7 Å². The number of carbonyl (C=O) groups is 4. The summed E-state index contributed by atoms with van der Waals surface area (Å²) in [6, 6.07) is 22.5.